The van der Waals surface area contributed by atoms with Crippen molar-refractivity contribution in [1.82, 2.24) is 5.32 Å². The fraction of sp³-hybridized carbons (Fsp3) is 0.333. The lowest BCUT2D eigenvalue weighted by molar-refractivity contribution is 0.276. The van der Waals surface area contributed by atoms with Crippen LogP contribution >= 0.6 is 0 Å². The molecule has 0 bridgehead atoms. The van der Waals surface area contributed by atoms with Crippen LogP contribution in [0.4, 0.5) is 0 Å². The summed E-state index contributed by atoms with van der Waals surface area (Å²) in [5, 5.41) is 12.4. The van der Waals surface area contributed by atoms with E-state index in [0.29, 0.717) is 19.3 Å². The highest BCUT2D eigenvalue weighted by molar-refractivity contribution is 5.36. The van der Waals surface area contributed by atoms with Crippen LogP contribution in [0.15, 0.2) is 48.5 Å². The van der Waals surface area contributed by atoms with Gasteiger partial charge in [0.05, 0.1) is 6.61 Å². The minimum atomic E-state index is 0.0493. The van der Waals surface area contributed by atoms with Crippen molar-refractivity contribution in [3.8, 4) is 23.3 Å². The standard InChI is InChI=1S/C21H23NO3/c23-15-18-7-5-17(6-8-18)3-2-14-24-20-9-11-21(12-10-20)25-16-19-4-1-13-22-19/h5-12,19,22-23H,1,4,13-16H2. The Labute approximate surface area is 148 Å². The second kappa shape index (κ2) is 9.12. The number of benzene rings is 2. The SMILES string of the molecule is OCc1ccc(C#CCOc2ccc(OCC3CCCN3)cc2)cc1. The summed E-state index contributed by atoms with van der Waals surface area (Å²) < 4.78 is 11.4. The van der Waals surface area contributed by atoms with Crippen LogP contribution in [-0.2, 0) is 6.61 Å². The van der Waals surface area contributed by atoms with Gasteiger partial charge in [-0.3, -0.25) is 0 Å². The van der Waals surface area contributed by atoms with Gasteiger partial charge < -0.3 is 19.9 Å². The molecule has 2 aromatic rings. The van der Waals surface area contributed by atoms with Gasteiger partial charge in [-0.2, -0.15) is 0 Å². The van der Waals surface area contributed by atoms with Crippen LogP contribution in [0, 0.1) is 11.8 Å². The average molecular weight is 337 g/mol. The third-order valence-electron chi connectivity index (χ3n) is 4.12. The normalized spacial score (nSPS) is 16.1. The number of aliphatic hydroxyl groups is 1. The summed E-state index contributed by atoms with van der Waals surface area (Å²) in [7, 11) is 0. The molecule has 130 valence electrons. The zero-order chi connectivity index (χ0) is 17.3. The maximum atomic E-state index is 9.01. The molecule has 1 aliphatic rings. The highest BCUT2D eigenvalue weighted by atomic mass is 16.5. The highest BCUT2D eigenvalue weighted by Crippen LogP contribution is 2.18. The summed E-state index contributed by atoms with van der Waals surface area (Å²) in [4.78, 5) is 0. The zero-order valence-corrected chi connectivity index (χ0v) is 14.2. The molecule has 2 N–H and O–H groups in total. The largest absolute Gasteiger partial charge is 0.492 e. The van der Waals surface area contributed by atoms with Gasteiger partial charge in [-0.1, -0.05) is 24.0 Å². The third-order valence-corrected chi connectivity index (χ3v) is 4.12. The summed E-state index contributed by atoms with van der Waals surface area (Å²) in [5.41, 5.74) is 1.79. The number of aliphatic hydroxyl groups excluding tert-OH is 1. The van der Waals surface area contributed by atoms with Gasteiger partial charge in [0.25, 0.3) is 0 Å². The van der Waals surface area contributed by atoms with Gasteiger partial charge in [0.1, 0.15) is 24.7 Å². The summed E-state index contributed by atoms with van der Waals surface area (Å²) in [6.45, 7) is 2.18. The van der Waals surface area contributed by atoms with E-state index in [4.69, 9.17) is 14.6 Å². The van der Waals surface area contributed by atoms with E-state index in [9.17, 15) is 0 Å². The summed E-state index contributed by atoms with van der Waals surface area (Å²) in [6, 6.07) is 15.6. The lowest BCUT2D eigenvalue weighted by atomic mass is 10.1. The van der Waals surface area contributed by atoms with Gasteiger partial charge in [-0.15, -0.1) is 0 Å². The van der Waals surface area contributed by atoms with Crippen molar-refractivity contribution in [1.29, 1.82) is 0 Å². The Kier molecular flexibility index (Phi) is 6.33. The second-order valence-corrected chi connectivity index (χ2v) is 6.02. The molecule has 1 aliphatic heterocycles. The molecular weight excluding hydrogens is 314 g/mol. The predicted octanol–water partition coefficient (Wildman–Crippen LogP) is 2.74. The third kappa shape index (κ3) is 5.53. The molecule has 25 heavy (non-hydrogen) atoms. The van der Waals surface area contributed by atoms with Gasteiger partial charge in [-0.05, 0) is 61.3 Å². The van der Waals surface area contributed by atoms with E-state index in [1.165, 1.54) is 12.8 Å². The molecule has 3 rings (SSSR count). The van der Waals surface area contributed by atoms with Gasteiger partial charge >= 0.3 is 0 Å². The molecule has 0 amide bonds. The number of ether oxygens (including phenoxy) is 2. The minimum Gasteiger partial charge on any atom is -0.492 e. The van der Waals surface area contributed by atoms with E-state index in [1.54, 1.807) is 0 Å². The molecule has 4 heteroatoms. The number of hydrogen-bond acceptors (Lipinski definition) is 4. The molecule has 0 aromatic heterocycles. The Balaban J connectivity index is 1.43. The van der Waals surface area contributed by atoms with Crippen molar-refractivity contribution in [2.45, 2.75) is 25.5 Å². The van der Waals surface area contributed by atoms with Crippen LogP contribution in [-0.4, -0.2) is 30.9 Å². The Morgan fingerprint density at radius 2 is 1.72 bits per heavy atom. The first kappa shape index (κ1) is 17.3. The molecule has 1 heterocycles. The lowest BCUT2D eigenvalue weighted by Gasteiger charge is -2.12. The van der Waals surface area contributed by atoms with E-state index in [-0.39, 0.29) is 6.61 Å². The van der Waals surface area contributed by atoms with Crippen molar-refractivity contribution in [2.75, 3.05) is 19.8 Å². The van der Waals surface area contributed by atoms with Crippen molar-refractivity contribution in [3.05, 3.63) is 59.7 Å². The van der Waals surface area contributed by atoms with E-state index in [1.807, 2.05) is 48.5 Å². The Morgan fingerprint density at radius 3 is 2.36 bits per heavy atom. The quantitative estimate of drug-likeness (QED) is 0.796. The number of hydrogen-bond donors (Lipinski definition) is 2. The summed E-state index contributed by atoms with van der Waals surface area (Å²) in [6.07, 6.45) is 2.41. The minimum absolute atomic E-state index is 0.0493. The number of rotatable bonds is 6. The van der Waals surface area contributed by atoms with Crippen molar-refractivity contribution in [3.63, 3.8) is 0 Å². The number of nitrogens with one attached hydrogen (secondary N) is 1. The molecule has 2 aromatic carbocycles. The van der Waals surface area contributed by atoms with Crippen LogP contribution in [0.5, 0.6) is 11.5 Å². The fourth-order valence-electron chi connectivity index (χ4n) is 2.68. The molecule has 0 aliphatic carbocycles. The van der Waals surface area contributed by atoms with Gasteiger partial charge in [-0.25, -0.2) is 0 Å². The molecule has 1 saturated heterocycles. The maximum absolute atomic E-state index is 9.01. The molecule has 0 spiro atoms. The Morgan fingerprint density at radius 1 is 1.00 bits per heavy atom. The van der Waals surface area contributed by atoms with E-state index in [2.05, 4.69) is 17.2 Å². The molecule has 0 radical (unpaired) electrons. The van der Waals surface area contributed by atoms with Crippen LogP contribution in [0.1, 0.15) is 24.0 Å². The van der Waals surface area contributed by atoms with Crippen LogP contribution < -0.4 is 14.8 Å². The Hall–Kier alpha value is -2.48. The lowest BCUT2D eigenvalue weighted by Crippen LogP contribution is -2.28. The Bertz CT molecular complexity index is 708. The average Bonchev–Trinajstić information content (AvgIpc) is 3.19. The molecular formula is C21H23NO3. The first-order chi connectivity index (χ1) is 12.3. The maximum Gasteiger partial charge on any atom is 0.149 e. The van der Waals surface area contributed by atoms with Crippen molar-refractivity contribution in [2.24, 2.45) is 0 Å². The van der Waals surface area contributed by atoms with E-state index >= 15 is 0 Å². The molecule has 1 unspecified atom stereocenters. The fourth-order valence-corrected chi connectivity index (χ4v) is 2.68. The molecule has 1 fully saturated rings. The molecule has 0 saturated carbocycles. The van der Waals surface area contributed by atoms with E-state index < -0.39 is 0 Å². The molecule has 4 nitrogen and oxygen atoms in total. The summed E-state index contributed by atoms with van der Waals surface area (Å²) >= 11 is 0. The first-order valence-corrected chi connectivity index (χ1v) is 8.61. The highest BCUT2D eigenvalue weighted by Gasteiger charge is 2.14. The van der Waals surface area contributed by atoms with Crippen molar-refractivity contribution < 1.29 is 14.6 Å². The monoisotopic (exact) mass is 337 g/mol. The van der Waals surface area contributed by atoms with Gasteiger partial charge in [0, 0.05) is 11.6 Å². The topological polar surface area (TPSA) is 50.7 Å². The first-order valence-electron chi connectivity index (χ1n) is 8.61. The van der Waals surface area contributed by atoms with Crippen molar-refractivity contribution >= 4 is 0 Å². The smallest absolute Gasteiger partial charge is 0.149 e. The predicted molar refractivity (Wildman–Crippen MR) is 97.7 cm³/mol. The van der Waals surface area contributed by atoms with E-state index in [0.717, 1.165) is 29.2 Å². The van der Waals surface area contributed by atoms with Crippen LogP contribution in [0.2, 0.25) is 0 Å². The van der Waals surface area contributed by atoms with Crippen LogP contribution in [0.25, 0.3) is 0 Å². The van der Waals surface area contributed by atoms with Gasteiger partial charge in [0.2, 0.25) is 0 Å². The molecule has 1 atom stereocenters. The van der Waals surface area contributed by atoms with Crippen LogP contribution in [0.3, 0.4) is 0 Å². The second-order valence-electron chi connectivity index (χ2n) is 6.02. The summed E-state index contributed by atoms with van der Waals surface area (Å²) in [5.74, 6) is 7.66. The zero-order valence-electron chi connectivity index (χ0n) is 14.2. The van der Waals surface area contributed by atoms with Gasteiger partial charge in [0.15, 0.2) is 0 Å².